The first-order chi connectivity index (χ1) is 20.2. The van der Waals surface area contributed by atoms with Crippen molar-refractivity contribution in [3.8, 4) is 28.1 Å². The third-order valence-electron chi connectivity index (χ3n) is 6.85. The third kappa shape index (κ3) is 6.02. The van der Waals surface area contributed by atoms with Gasteiger partial charge in [-0.25, -0.2) is 14.8 Å². The standard InChI is InChI=1S/C32H33N7O3/c1-32(2,3)42-31(40)34-23-17-39(18-23)30-28(35-26-7-5-6-8-27(26)36-30)20-41-24-11-9-22(10-12-24)29-25(19-38(4)37-29)21-13-15-33-16-14-21/h5-16,19,23H,17-18,20H2,1-4H3,(H,34,40). The van der Waals surface area contributed by atoms with Gasteiger partial charge in [0.2, 0.25) is 0 Å². The van der Waals surface area contributed by atoms with E-state index in [1.807, 2.05) is 99.4 Å². The van der Waals surface area contributed by atoms with Crippen LogP contribution in [0.4, 0.5) is 10.6 Å². The number of pyridine rings is 1. The molecule has 6 rings (SSSR count). The summed E-state index contributed by atoms with van der Waals surface area (Å²) in [5.41, 5.74) is 5.79. The zero-order valence-corrected chi connectivity index (χ0v) is 24.1. The lowest BCUT2D eigenvalue weighted by atomic mass is 10.0. The number of nitrogens with one attached hydrogen (secondary N) is 1. The fraction of sp³-hybridized carbons (Fsp3) is 0.281. The number of fused-ring (bicyclic) bond motifs is 1. The average molecular weight is 564 g/mol. The molecule has 1 N–H and O–H groups in total. The van der Waals surface area contributed by atoms with Gasteiger partial charge in [0.15, 0.2) is 5.82 Å². The molecule has 0 spiro atoms. The molecule has 0 aliphatic carbocycles. The van der Waals surface area contributed by atoms with Crippen molar-refractivity contribution in [3.63, 3.8) is 0 Å². The lowest BCUT2D eigenvalue weighted by Gasteiger charge is -2.41. The fourth-order valence-corrected chi connectivity index (χ4v) is 4.90. The van der Waals surface area contributed by atoms with E-state index in [1.165, 1.54) is 0 Å². The van der Waals surface area contributed by atoms with Crippen molar-refractivity contribution in [2.24, 2.45) is 7.05 Å². The topological polar surface area (TPSA) is 107 Å². The number of nitrogens with zero attached hydrogens (tertiary/aromatic N) is 6. The Labute approximate surface area is 244 Å². The number of aromatic nitrogens is 5. The molecular weight excluding hydrogens is 530 g/mol. The molecule has 3 aromatic heterocycles. The highest BCUT2D eigenvalue weighted by molar-refractivity contribution is 5.80. The minimum absolute atomic E-state index is 0.0296. The number of ether oxygens (including phenoxy) is 2. The van der Waals surface area contributed by atoms with Crippen molar-refractivity contribution in [1.29, 1.82) is 0 Å². The highest BCUT2D eigenvalue weighted by atomic mass is 16.6. The summed E-state index contributed by atoms with van der Waals surface area (Å²) in [6, 6.07) is 19.6. The average Bonchev–Trinajstić information content (AvgIpc) is 3.34. The van der Waals surface area contributed by atoms with E-state index in [2.05, 4.69) is 15.2 Å². The Balaban J connectivity index is 1.17. The second kappa shape index (κ2) is 11.1. The molecule has 1 aliphatic rings. The molecule has 1 fully saturated rings. The molecule has 0 bridgehead atoms. The van der Waals surface area contributed by atoms with E-state index in [9.17, 15) is 4.79 Å². The summed E-state index contributed by atoms with van der Waals surface area (Å²) in [7, 11) is 1.92. The second-order valence-corrected chi connectivity index (χ2v) is 11.3. The predicted molar refractivity (Wildman–Crippen MR) is 161 cm³/mol. The quantitative estimate of drug-likeness (QED) is 0.281. The number of hydrogen-bond acceptors (Lipinski definition) is 8. The molecule has 0 unspecified atom stereocenters. The molecule has 4 heterocycles. The molecule has 1 amide bonds. The molecule has 2 aromatic carbocycles. The minimum atomic E-state index is -0.542. The summed E-state index contributed by atoms with van der Waals surface area (Å²) in [6.07, 6.45) is 5.16. The van der Waals surface area contributed by atoms with Crippen LogP contribution in [0, 0.1) is 0 Å². The number of hydrogen-bond donors (Lipinski definition) is 1. The van der Waals surface area contributed by atoms with Gasteiger partial charge in [-0.1, -0.05) is 12.1 Å². The van der Waals surface area contributed by atoms with Crippen molar-refractivity contribution < 1.29 is 14.3 Å². The Bertz CT molecular complexity index is 1710. The van der Waals surface area contributed by atoms with Gasteiger partial charge < -0.3 is 19.7 Å². The SMILES string of the molecule is Cn1cc(-c2ccncc2)c(-c2ccc(OCc3nc4ccccc4nc3N3CC(NC(=O)OC(C)(C)C)C3)cc2)n1. The van der Waals surface area contributed by atoms with E-state index in [1.54, 1.807) is 12.4 Å². The van der Waals surface area contributed by atoms with E-state index >= 15 is 0 Å². The maximum absolute atomic E-state index is 12.2. The van der Waals surface area contributed by atoms with Crippen LogP contribution in [0.1, 0.15) is 26.5 Å². The minimum Gasteiger partial charge on any atom is -0.487 e. The van der Waals surface area contributed by atoms with E-state index in [4.69, 9.17) is 24.5 Å². The number of aryl methyl sites for hydroxylation is 1. The van der Waals surface area contributed by atoms with Gasteiger partial charge in [0.05, 0.1) is 17.1 Å². The van der Waals surface area contributed by atoms with Crippen LogP contribution in [0.5, 0.6) is 5.75 Å². The molecule has 0 radical (unpaired) electrons. The van der Waals surface area contributed by atoms with E-state index in [-0.39, 0.29) is 12.6 Å². The number of amides is 1. The zero-order valence-electron chi connectivity index (χ0n) is 24.1. The molecule has 10 heteroatoms. The van der Waals surface area contributed by atoms with Crippen molar-refractivity contribution in [3.05, 3.63) is 84.9 Å². The van der Waals surface area contributed by atoms with Crippen LogP contribution in [0.3, 0.4) is 0 Å². The maximum Gasteiger partial charge on any atom is 0.407 e. The lowest BCUT2D eigenvalue weighted by Crippen LogP contribution is -2.60. The van der Waals surface area contributed by atoms with Crippen LogP contribution in [0.25, 0.3) is 33.4 Å². The van der Waals surface area contributed by atoms with Gasteiger partial charge in [0.1, 0.15) is 29.3 Å². The Morgan fingerprint density at radius 1 is 0.952 bits per heavy atom. The van der Waals surface area contributed by atoms with Gasteiger partial charge >= 0.3 is 6.09 Å². The van der Waals surface area contributed by atoms with Gasteiger partial charge in [-0.3, -0.25) is 9.67 Å². The van der Waals surface area contributed by atoms with Crippen LogP contribution in [-0.4, -0.2) is 55.6 Å². The molecule has 0 saturated carbocycles. The molecule has 5 aromatic rings. The molecule has 214 valence electrons. The Hall–Kier alpha value is -4.99. The fourth-order valence-electron chi connectivity index (χ4n) is 4.90. The monoisotopic (exact) mass is 563 g/mol. The largest absolute Gasteiger partial charge is 0.487 e. The van der Waals surface area contributed by atoms with Crippen LogP contribution >= 0.6 is 0 Å². The highest BCUT2D eigenvalue weighted by Gasteiger charge is 2.32. The number of benzene rings is 2. The van der Waals surface area contributed by atoms with Crippen LogP contribution in [-0.2, 0) is 18.4 Å². The van der Waals surface area contributed by atoms with E-state index < -0.39 is 11.7 Å². The van der Waals surface area contributed by atoms with E-state index in [0.29, 0.717) is 18.8 Å². The first kappa shape index (κ1) is 27.2. The number of carbonyl (C=O) groups excluding carboxylic acids is 1. The van der Waals surface area contributed by atoms with Gasteiger partial charge in [-0.15, -0.1) is 0 Å². The summed E-state index contributed by atoms with van der Waals surface area (Å²) >= 11 is 0. The smallest absolute Gasteiger partial charge is 0.407 e. The molecule has 0 atom stereocenters. The summed E-state index contributed by atoms with van der Waals surface area (Å²) in [5.74, 6) is 1.47. The molecule has 10 nitrogen and oxygen atoms in total. The van der Waals surface area contributed by atoms with Gasteiger partial charge in [0, 0.05) is 49.9 Å². The third-order valence-corrected chi connectivity index (χ3v) is 6.85. The summed E-state index contributed by atoms with van der Waals surface area (Å²) < 4.78 is 13.4. The Morgan fingerprint density at radius 2 is 1.64 bits per heavy atom. The van der Waals surface area contributed by atoms with Crippen molar-refractivity contribution in [1.82, 2.24) is 30.0 Å². The van der Waals surface area contributed by atoms with Crippen LogP contribution < -0.4 is 15.0 Å². The van der Waals surface area contributed by atoms with Crippen molar-refractivity contribution in [2.45, 2.75) is 39.0 Å². The number of alkyl carbamates (subject to hydrolysis) is 1. The Morgan fingerprint density at radius 3 is 2.33 bits per heavy atom. The zero-order chi connectivity index (χ0) is 29.3. The second-order valence-electron chi connectivity index (χ2n) is 11.3. The number of anilines is 1. The summed E-state index contributed by atoms with van der Waals surface area (Å²) in [5, 5.41) is 7.62. The first-order valence-electron chi connectivity index (χ1n) is 13.9. The summed E-state index contributed by atoms with van der Waals surface area (Å²) in [4.78, 5) is 28.2. The van der Waals surface area contributed by atoms with Gasteiger partial charge in [-0.05, 0) is 74.9 Å². The molecule has 42 heavy (non-hydrogen) atoms. The number of rotatable bonds is 7. The molecule has 1 aliphatic heterocycles. The van der Waals surface area contributed by atoms with E-state index in [0.717, 1.165) is 44.9 Å². The Kier molecular flexibility index (Phi) is 7.20. The first-order valence-corrected chi connectivity index (χ1v) is 13.9. The van der Waals surface area contributed by atoms with Crippen molar-refractivity contribution >= 4 is 22.9 Å². The molecule has 1 saturated heterocycles. The van der Waals surface area contributed by atoms with Crippen LogP contribution in [0.2, 0.25) is 0 Å². The van der Waals surface area contributed by atoms with Gasteiger partial charge in [-0.2, -0.15) is 5.10 Å². The normalized spacial score (nSPS) is 13.6. The molecular formula is C32H33N7O3. The number of carbonyl (C=O) groups is 1. The maximum atomic E-state index is 12.2. The van der Waals surface area contributed by atoms with Crippen molar-refractivity contribution in [2.75, 3.05) is 18.0 Å². The lowest BCUT2D eigenvalue weighted by molar-refractivity contribution is 0.0496. The highest BCUT2D eigenvalue weighted by Crippen LogP contribution is 2.32. The van der Waals surface area contributed by atoms with Gasteiger partial charge in [0.25, 0.3) is 0 Å². The summed E-state index contributed by atoms with van der Waals surface area (Å²) in [6.45, 7) is 7.02. The number of para-hydroxylation sites is 2. The van der Waals surface area contributed by atoms with Crippen LogP contribution in [0.15, 0.2) is 79.3 Å². The predicted octanol–water partition coefficient (Wildman–Crippen LogP) is 5.38.